The second kappa shape index (κ2) is 6.85. The SMILES string of the molecule is CCCc1ccc(-c2ccnc(NCCN)n2)cc1. The van der Waals surface area contributed by atoms with E-state index in [1.165, 1.54) is 12.0 Å². The molecule has 0 atom stereocenters. The van der Waals surface area contributed by atoms with Gasteiger partial charge < -0.3 is 11.1 Å². The van der Waals surface area contributed by atoms with Gasteiger partial charge in [0.1, 0.15) is 0 Å². The molecule has 0 bridgehead atoms. The molecule has 2 aromatic rings. The first kappa shape index (κ1) is 13.5. The number of hydrogen-bond donors (Lipinski definition) is 2. The number of nitrogens with zero attached hydrogens (tertiary/aromatic N) is 2. The minimum Gasteiger partial charge on any atom is -0.353 e. The van der Waals surface area contributed by atoms with E-state index < -0.39 is 0 Å². The maximum Gasteiger partial charge on any atom is 0.223 e. The molecule has 0 amide bonds. The number of nitrogens with two attached hydrogens (primary N) is 1. The third-order valence-corrected chi connectivity index (χ3v) is 2.87. The standard InChI is InChI=1S/C15H20N4/c1-2-3-12-4-6-13(7-5-12)14-8-10-17-15(19-14)18-11-9-16/h4-8,10H,2-3,9,11,16H2,1H3,(H,17,18,19). The number of anilines is 1. The van der Waals surface area contributed by atoms with Gasteiger partial charge in [-0.15, -0.1) is 0 Å². The summed E-state index contributed by atoms with van der Waals surface area (Å²) in [5.74, 6) is 0.626. The van der Waals surface area contributed by atoms with Crippen molar-refractivity contribution in [2.45, 2.75) is 19.8 Å². The van der Waals surface area contributed by atoms with E-state index in [-0.39, 0.29) is 0 Å². The molecular formula is C15H20N4. The Morgan fingerprint density at radius 1 is 1.16 bits per heavy atom. The molecule has 0 saturated heterocycles. The predicted octanol–water partition coefficient (Wildman–Crippen LogP) is 2.47. The van der Waals surface area contributed by atoms with Gasteiger partial charge in [0, 0.05) is 24.8 Å². The van der Waals surface area contributed by atoms with E-state index in [4.69, 9.17) is 5.73 Å². The van der Waals surface area contributed by atoms with Gasteiger partial charge in [0.2, 0.25) is 5.95 Å². The summed E-state index contributed by atoms with van der Waals surface area (Å²) in [6.07, 6.45) is 4.05. The minimum absolute atomic E-state index is 0.569. The van der Waals surface area contributed by atoms with Gasteiger partial charge in [-0.2, -0.15) is 0 Å². The quantitative estimate of drug-likeness (QED) is 0.833. The van der Waals surface area contributed by atoms with Gasteiger partial charge in [-0.05, 0) is 18.1 Å². The number of rotatable bonds is 6. The van der Waals surface area contributed by atoms with Crippen LogP contribution in [0.5, 0.6) is 0 Å². The summed E-state index contributed by atoms with van der Waals surface area (Å²) in [5.41, 5.74) is 8.85. The Labute approximate surface area is 114 Å². The first-order valence-corrected chi connectivity index (χ1v) is 6.69. The number of benzene rings is 1. The van der Waals surface area contributed by atoms with Gasteiger partial charge in [0.15, 0.2) is 0 Å². The van der Waals surface area contributed by atoms with Crippen LogP contribution in [0.25, 0.3) is 11.3 Å². The van der Waals surface area contributed by atoms with Crippen molar-refractivity contribution in [2.75, 3.05) is 18.4 Å². The third kappa shape index (κ3) is 3.76. The molecule has 1 aromatic carbocycles. The van der Waals surface area contributed by atoms with Crippen molar-refractivity contribution in [3.63, 3.8) is 0 Å². The summed E-state index contributed by atoms with van der Waals surface area (Å²) < 4.78 is 0. The fourth-order valence-electron chi connectivity index (χ4n) is 1.92. The Morgan fingerprint density at radius 3 is 2.63 bits per heavy atom. The molecule has 0 unspecified atom stereocenters. The van der Waals surface area contributed by atoms with Crippen molar-refractivity contribution < 1.29 is 0 Å². The van der Waals surface area contributed by atoms with Crippen LogP contribution in [0.4, 0.5) is 5.95 Å². The zero-order valence-electron chi connectivity index (χ0n) is 11.3. The lowest BCUT2D eigenvalue weighted by atomic mass is 10.1. The Balaban J connectivity index is 2.16. The van der Waals surface area contributed by atoms with Gasteiger partial charge >= 0.3 is 0 Å². The normalized spacial score (nSPS) is 10.4. The average molecular weight is 256 g/mol. The van der Waals surface area contributed by atoms with Crippen molar-refractivity contribution in [1.29, 1.82) is 0 Å². The molecule has 3 N–H and O–H groups in total. The summed E-state index contributed by atoms with van der Waals surface area (Å²) in [6.45, 7) is 3.44. The Hall–Kier alpha value is -1.94. The molecule has 0 aliphatic rings. The van der Waals surface area contributed by atoms with Crippen LogP contribution in [0, 0.1) is 0 Å². The molecular weight excluding hydrogens is 236 g/mol. The van der Waals surface area contributed by atoms with E-state index in [1.54, 1.807) is 6.20 Å². The first-order chi connectivity index (χ1) is 9.33. The molecule has 0 spiro atoms. The third-order valence-electron chi connectivity index (χ3n) is 2.87. The molecule has 0 saturated carbocycles. The van der Waals surface area contributed by atoms with Crippen LogP contribution in [-0.4, -0.2) is 23.1 Å². The van der Waals surface area contributed by atoms with Gasteiger partial charge in [-0.1, -0.05) is 37.6 Å². The molecule has 1 heterocycles. The van der Waals surface area contributed by atoms with Crippen LogP contribution in [0.15, 0.2) is 36.5 Å². The lowest BCUT2D eigenvalue weighted by Crippen LogP contribution is -2.14. The highest BCUT2D eigenvalue weighted by atomic mass is 15.1. The maximum absolute atomic E-state index is 5.45. The molecule has 2 rings (SSSR count). The van der Waals surface area contributed by atoms with Gasteiger partial charge in [0.05, 0.1) is 5.69 Å². The van der Waals surface area contributed by atoms with Crippen molar-refractivity contribution in [3.8, 4) is 11.3 Å². The number of aryl methyl sites for hydroxylation is 1. The van der Waals surface area contributed by atoms with Crippen LogP contribution in [0.2, 0.25) is 0 Å². The fraction of sp³-hybridized carbons (Fsp3) is 0.333. The molecule has 19 heavy (non-hydrogen) atoms. The minimum atomic E-state index is 0.569. The maximum atomic E-state index is 5.45. The van der Waals surface area contributed by atoms with Crippen LogP contribution in [0.3, 0.4) is 0 Å². The highest BCUT2D eigenvalue weighted by Gasteiger charge is 2.02. The van der Waals surface area contributed by atoms with Crippen LogP contribution >= 0.6 is 0 Å². The van der Waals surface area contributed by atoms with Crippen LogP contribution < -0.4 is 11.1 Å². The van der Waals surface area contributed by atoms with Crippen LogP contribution in [-0.2, 0) is 6.42 Å². The Morgan fingerprint density at radius 2 is 1.95 bits per heavy atom. The van der Waals surface area contributed by atoms with Crippen molar-refractivity contribution in [3.05, 3.63) is 42.1 Å². The van der Waals surface area contributed by atoms with Gasteiger partial charge in [-0.3, -0.25) is 0 Å². The topological polar surface area (TPSA) is 63.8 Å². The highest BCUT2D eigenvalue weighted by Crippen LogP contribution is 2.18. The second-order valence-corrected chi connectivity index (χ2v) is 4.43. The number of nitrogens with one attached hydrogen (secondary N) is 1. The van der Waals surface area contributed by atoms with Crippen molar-refractivity contribution in [2.24, 2.45) is 5.73 Å². The first-order valence-electron chi connectivity index (χ1n) is 6.69. The second-order valence-electron chi connectivity index (χ2n) is 4.43. The molecule has 0 radical (unpaired) electrons. The molecule has 4 nitrogen and oxygen atoms in total. The van der Waals surface area contributed by atoms with E-state index in [0.29, 0.717) is 19.0 Å². The van der Waals surface area contributed by atoms with E-state index in [0.717, 1.165) is 17.7 Å². The molecule has 0 aliphatic carbocycles. The number of aromatic nitrogens is 2. The van der Waals surface area contributed by atoms with Crippen LogP contribution in [0.1, 0.15) is 18.9 Å². The molecule has 0 fully saturated rings. The van der Waals surface area contributed by atoms with Crippen molar-refractivity contribution >= 4 is 5.95 Å². The summed E-state index contributed by atoms with van der Waals surface area (Å²) >= 11 is 0. The summed E-state index contributed by atoms with van der Waals surface area (Å²) in [4.78, 5) is 8.65. The lowest BCUT2D eigenvalue weighted by Gasteiger charge is -2.06. The molecule has 0 aliphatic heterocycles. The number of hydrogen-bond acceptors (Lipinski definition) is 4. The highest BCUT2D eigenvalue weighted by molar-refractivity contribution is 5.60. The van der Waals surface area contributed by atoms with Crippen molar-refractivity contribution in [1.82, 2.24) is 9.97 Å². The zero-order chi connectivity index (χ0) is 13.5. The Bertz CT molecular complexity index is 508. The van der Waals surface area contributed by atoms with E-state index >= 15 is 0 Å². The van der Waals surface area contributed by atoms with Gasteiger partial charge in [0.25, 0.3) is 0 Å². The molecule has 100 valence electrons. The Kier molecular flexibility index (Phi) is 4.86. The van der Waals surface area contributed by atoms with E-state index in [9.17, 15) is 0 Å². The average Bonchev–Trinajstić information content (AvgIpc) is 2.46. The molecule has 1 aromatic heterocycles. The smallest absolute Gasteiger partial charge is 0.223 e. The van der Waals surface area contributed by atoms with Gasteiger partial charge in [-0.25, -0.2) is 9.97 Å². The summed E-state index contributed by atoms with van der Waals surface area (Å²) in [6, 6.07) is 10.5. The van der Waals surface area contributed by atoms with E-state index in [2.05, 4.69) is 46.5 Å². The largest absolute Gasteiger partial charge is 0.353 e. The predicted molar refractivity (Wildman–Crippen MR) is 79.0 cm³/mol. The monoisotopic (exact) mass is 256 g/mol. The fourth-order valence-corrected chi connectivity index (χ4v) is 1.92. The van der Waals surface area contributed by atoms with E-state index in [1.807, 2.05) is 6.07 Å². The summed E-state index contributed by atoms with van der Waals surface area (Å²) in [5, 5.41) is 3.09. The zero-order valence-corrected chi connectivity index (χ0v) is 11.3. The lowest BCUT2D eigenvalue weighted by molar-refractivity contribution is 0.922. The molecule has 4 heteroatoms. The summed E-state index contributed by atoms with van der Waals surface area (Å²) in [7, 11) is 0.